The minimum atomic E-state index is 0.576. The van der Waals surface area contributed by atoms with Crippen molar-refractivity contribution in [1.82, 2.24) is 9.55 Å². The summed E-state index contributed by atoms with van der Waals surface area (Å²) in [5.41, 5.74) is 3.38. The first-order valence-electron chi connectivity index (χ1n) is 7.32. The summed E-state index contributed by atoms with van der Waals surface area (Å²) in [7, 11) is 0. The van der Waals surface area contributed by atoms with Crippen molar-refractivity contribution in [3.63, 3.8) is 0 Å². The Bertz CT molecular complexity index is 759. The highest BCUT2D eigenvalue weighted by Gasteiger charge is 2.13. The van der Waals surface area contributed by atoms with Crippen LogP contribution < -0.4 is 0 Å². The van der Waals surface area contributed by atoms with Gasteiger partial charge in [0.1, 0.15) is 5.82 Å². The molecule has 3 rings (SSSR count). The van der Waals surface area contributed by atoms with Crippen LogP contribution in [0, 0.1) is 5.92 Å². The molecule has 0 aliphatic rings. The molecule has 0 spiro atoms. The van der Waals surface area contributed by atoms with E-state index >= 15 is 0 Å². The SMILES string of the molecule is CC(C)Cn1c(Cc2ccccc2Cl)nc2ccccc21. The molecule has 3 heteroatoms. The van der Waals surface area contributed by atoms with Gasteiger partial charge in [0, 0.05) is 18.0 Å². The van der Waals surface area contributed by atoms with Crippen molar-refractivity contribution in [3.05, 3.63) is 64.9 Å². The van der Waals surface area contributed by atoms with Gasteiger partial charge >= 0.3 is 0 Å². The highest BCUT2D eigenvalue weighted by atomic mass is 35.5. The van der Waals surface area contributed by atoms with Gasteiger partial charge in [-0.1, -0.05) is 55.8 Å². The average Bonchev–Trinajstić information content (AvgIpc) is 2.79. The molecule has 0 saturated carbocycles. The third-order valence-electron chi connectivity index (χ3n) is 3.59. The second-order valence-electron chi connectivity index (χ2n) is 5.79. The quantitative estimate of drug-likeness (QED) is 0.667. The van der Waals surface area contributed by atoms with Gasteiger partial charge in [-0.2, -0.15) is 0 Å². The summed E-state index contributed by atoms with van der Waals surface area (Å²) in [6.07, 6.45) is 0.765. The molecular formula is C18H19ClN2. The molecule has 2 aromatic carbocycles. The van der Waals surface area contributed by atoms with Gasteiger partial charge in [0.25, 0.3) is 0 Å². The molecule has 3 aromatic rings. The summed E-state index contributed by atoms with van der Waals surface area (Å²) in [6, 6.07) is 16.3. The molecule has 21 heavy (non-hydrogen) atoms. The standard InChI is InChI=1S/C18H19ClN2/c1-13(2)12-21-17-10-6-5-9-16(17)20-18(21)11-14-7-3-4-8-15(14)19/h3-10,13H,11-12H2,1-2H3. The number of aromatic nitrogens is 2. The smallest absolute Gasteiger partial charge is 0.114 e. The molecule has 0 N–H and O–H groups in total. The van der Waals surface area contributed by atoms with E-state index in [9.17, 15) is 0 Å². The van der Waals surface area contributed by atoms with Gasteiger partial charge in [-0.3, -0.25) is 0 Å². The Morgan fingerprint density at radius 1 is 1.05 bits per heavy atom. The fraction of sp³-hybridized carbons (Fsp3) is 0.278. The van der Waals surface area contributed by atoms with Gasteiger partial charge in [-0.05, 0) is 29.7 Å². The summed E-state index contributed by atoms with van der Waals surface area (Å²) >= 11 is 6.29. The van der Waals surface area contributed by atoms with Crippen LogP contribution in [0.15, 0.2) is 48.5 Å². The Balaban J connectivity index is 2.07. The van der Waals surface area contributed by atoms with Crippen LogP contribution in [0.4, 0.5) is 0 Å². The van der Waals surface area contributed by atoms with Crippen LogP contribution in [0.5, 0.6) is 0 Å². The van der Waals surface area contributed by atoms with E-state index in [2.05, 4.69) is 42.7 Å². The molecule has 0 aliphatic heterocycles. The minimum absolute atomic E-state index is 0.576. The number of para-hydroxylation sites is 2. The lowest BCUT2D eigenvalue weighted by molar-refractivity contribution is 0.520. The van der Waals surface area contributed by atoms with E-state index in [1.165, 1.54) is 5.52 Å². The van der Waals surface area contributed by atoms with E-state index in [0.717, 1.165) is 34.9 Å². The Kier molecular flexibility index (Phi) is 3.98. The summed E-state index contributed by atoms with van der Waals surface area (Å²) in [5.74, 6) is 1.66. The summed E-state index contributed by atoms with van der Waals surface area (Å²) in [5, 5.41) is 0.806. The van der Waals surface area contributed by atoms with E-state index in [-0.39, 0.29) is 0 Å². The van der Waals surface area contributed by atoms with Crippen molar-refractivity contribution in [3.8, 4) is 0 Å². The first-order valence-corrected chi connectivity index (χ1v) is 7.70. The first-order chi connectivity index (χ1) is 10.1. The van der Waals surface area contributed by atoms with E-state index in [4.69, 9.17) is 16.6 Å². The zero-order valence-corrected chi connectivity index (χ0v) is 13.1. The maximum absolute atomic E-state index is 6.29. The molecule has 0 unspecified atom stereocenters. The maximum Gasteiger partial charge on any atom is 0.114 e. The normalized spacial score (nSPS) is 11.4. The predicted octanol–water partition coefficient (Wildman–Crippen LogP) is 4.94. The van der Waals surface area contributed by atoms with E-state index in [1.54, 1.807) is 0 Å². The van der Waals surface area contributed by atoms with E-state index in [1.807, 2.05) is 24.3 Å². The van der Waals surface area contributed by atoms with Crippen molar-refractivity contribution < 1.29 is 0 Å². The monoisotopic (exact) mass is 298 g/mol. The minimum Gasteiger partial charge on any atom is -0.327 e. The topological polar surface area (TPSA) is 17.8 Å². The average molecular weight is 299 g/mol. The molecule has 2 nitrogen and oxygen atoms in total. The van der Waals surface area contributed by atoms with E-state index < -0.39 is 0 Å². The number of fused-ring (bicyclic) bond motifs is 1. The largest absolute Gasteiger partial charge is 0.327 e. The van der Waals surface area contributed by atoms with Crippen LogP contribution in [0.2, 0.25) is 5.02 Å². The molecule has 0 atom stereocenters. The van der Waals surface area contributed by atoms with Crippen molar-refractivity contribution in [2.24, 2.45) is 5.92 Å². The molecule has 0 saturated heterocycles. The molecular weight excluding hydrogens is 280 g/mol. The van der Waals surface area contributed by atoms with Crippen molar-refractivity contribution in [1.29, 1.82) is 0 Å². The van der Waals surface area contributed by atoms with Crippen LogP contribution in [-0.4, -0.2) is 9.55 Å². The molecule has 0 amide bonds. The fourth-order valence-corrected chi connectivity index (χ4v) is 2.84. The highest BCUT2D eigenvalue weighted by molar-refractivity contribution is 6.31. The van der Waals surface area contributed by atoms with Gasteiger partial charge in [0.2, 0.25) is 0 Å². The number of benzene rings is 2. The van der Waals surface area contributed by atoms with Crippen LogP contribution in [-0.2, 0) is 13.0 Å². The third kappa shape index (κ3) is 2.96. The third-order valence-corrected chi connectivity index (χ3v) is 3.96. The number of imidazole rings is 1. The van der Waals surface area contributed by atoms with Crippen LogP contribution in [0.3, 0.4) is 0 Å². The summed E-state index contributed by atoms with van der Waals surface area (Å²) < 4.78 is 2.32. The summed E-state index contributed by atoms with van der Waals surface area (Å²) in [6.45, 7) is 5.43. The fourth-order valence-electron chi connectivity index (χ4n) is 2.64. The van der Waals surface area contributed by atoms with E-state index in [0.29, 0.717) is 5.92 Å². The lowest BCUT2D eigenvalue weighted by Gasteiger charge is -2.12. The lowest BCUT2D eigenvalue weighted by atomic mass is 10.1. The predicted molar refractivity (Wildman–Crippen MR) is 88.8 cm³/mol. The zero-order valence-electron chi connectivity index (χ0n) is 12.4. The highest BCUT2D eigenvalue weighted by Crippen LogP contribution is 2.23. The number of hydrogen-bond acceptors (Lipinski definition) is 1. The Labute approximate surface area is 130 Å². The second-order valence-corrected chi connectivity index (χ2v) is 6.20. The van der Waals surface area contributed by atoms with Gasteiger partial charge in [-0.15, -0.1) is 0 Å². The summed E-state index contributed by atoms with van der Waals surface area (Å²) in [4.78, 5) is 4.81. The van der Waals surface area contributed by atoms with Crippen molar-refractivity contribution >= 4 is 22.6 Å². The number of rotatable bonds is 4. The van der Waals surface area contributed by atoms with Crippen LogP contribution >= 0.6 is 11.6 Å². The second kappa shape index (κ2) is 5.90. The Hall–Kier alpha value is -1.80. The van der Waals surface area contributed by atoms with Crippen LogP contribution in [0.1, 0.15) is 25.2 Å². The molecule has 0 bridgehead atoms. The Morgan fingerprint density at radius 2 is 1.76 bits per heavy atom. The molecule has 108 valence electrons. The zero-order chi connectivity index (χ0) is 14.8. The van der Waals surface area contributed by atoms with Crippen molar-refractivity contribution in [2.45, 2.75) is 26.8 Å². The van der Waals surface area contributed by atoms with Gasteiger partial charge in [0.05, 0.1) is 11.0 Å². The Morgan fingerprint density at radius 3 is 2.52 bits per heavy atom. The maximum atomic E-state index is 6.29. The molecule has 0 fully saturated rings. The number of hydrogen-bond donors (Lipinski definition) is 0. The molecule has 0 aliphatic carbocycles. The lowest BCUT2D eigenvalue weighted by Crippen LogP contribution is -2.09. The molecule has 0 radical (unpaired) electrons. The molecule has 1 aromatic heterocycles. The van der Waals surface area contributed by atoms with Gasteiger partial charge in [-0.25, -0.2) is 4.98 Å². The first kappa shape index (κ1) is 14.2. The van der Waals surface area contributed by atoms with Gasteiger partial charge < -0.3 is 4.57 Å². The van der Waals surface area contributed by atoms with Crippen molar-refractivity contribution in [2.75, 3.05) is 0 Å². The van der Waals surface area contributed by atoms with Crippen LogP contribution in [0.25, 0.3) is 11.0 Å². The number of halogens is 1. The van der Waals surface area contributed by atoms with Gasteiger partial charge in [0.15, 0.2) is 0 Å². The molecule has 1 heterocycles. The number of nitrogens with zero attached hydrogens (tertiary/aromatic N) is 2.